The maximum atomic E-state index is 8.83. The van der Waals surface area contributed by atoms with E-state index in [9.17, 15) is 0 Å². The van der Waals surface area contributed by atoms with Crippen LogP contribution in [-0.2, 0) is 6.54 Å². The predicted molar refractivity (Wildman–Crippen MR) is 71.1 cm³/mol. The Hall–Kier alpha value is -1.03. The molecule has 0 saturated heterocycles. The fourth-order valence-electron chi connectivity index (χ4n) is 1.88. The van der Waals surface area contributed by atoms with Gasteiger partial charge in [-0.25, -0.2) is 0 Å². The van der Waals surface area contributed by atoms with E-state index in [1.54, 1.807) is 4.68 Å². The lowest BCUT2D eigenvalue weighted by Crippen LogP contribution is -2.20. The molecule has 0 aliphatic carbocycles. The fourth-order valence-corrected chi connectivity index (χ4v) is 1.88. The summed E-state index contributed by atoms with van der Waals surface area (Å²) >= 11 is 0. The molecule has 0 fully saturated rings. The molecule has 0 aliphatic rings. The van der Waals surface area contributed by atoms with Crippen molar-refractivity contribution in [2.75, 3.05) is 11.9 Å². The fraction of sp³-hybridized carbons (Fsp3) is 0.769. The monoisotopic (exact) mass is 239 g/mol. The number of aliphatic hydroxyl groups is 1. The highest BCUT2D eigenvalue weighted by Gasteiger charge is 2.11. The lowest BCUT2D eigenvalue weighted by atomic mass is 9.98. The van der Waals surface area contributed by atoms with E-state index in [-0.39, 0.29) is 6.61 Å². The van der Waals surface area contributed by atoms with Gasteiger partial charge in [0, 0.05) is 12.2 Å². The molecule has 0 radical (unpaired) electrons. The van der Waals surface area contributed by atoms with E-state index in [4.69, 9.17) is 5.11 Å². The zero-order chi connectivity index (χ0) is 12.7. The highest BCUT2D eigenvalue weighted by molar-refractivity contribution is 5.39. The van der Waals surface area contributed by atoms with E-state index in [0.29, 0.717) is 12.6 Å². The Labute approximate surface area is 104 Å². The van der Waals surface area contributed by atoms with Crippen LogP contribution in [0.4, 0.5) is 5.69 Å². The lowest BCUT2D eigenvalue weighted by Gasteiger charge is -2.20. The molecular weight excluding hydrogens is 214 g/mol. The minimum Gasteiger partial charge on any atom is -0.394 e. The van der Waals surface area contributed by atoms with E-state index in [1.165, 1.54) is 12.8 Å². The van der Waals surface area contributed by atoms with Gasteiger partial charge in [0.15, 0.2) is 0 Å². The molecule has 0 saturated carbocycles. The van der Waals surface area contributed by atoms with Gasteiger partial charge in [-0.2, -0.15) is 5.10 Å². The van der Waals surface area contributed by atoms with Crippen LogP contribution in [0.25, 0.3) is 0 Å². The number of aromatic nitrogens is 2. The SMILES string of the molecule is CCC(C)CC(CC)Nc1cnn(CCO)c1. The van der Waals surface area contributed by atoms with E-state index in [1.807, 2.05) is 12.4 Å². The van der Waals surface area contributed by atoms with Crippen molar-refractivity contribution >= 4 is 5.69 Å². The van der Waals surface area contributed by atoms with E-state index >= 15 is 0 Å². The number of anilines is 1. The Kier molecular flexibility index (Phi) is 6.05. The molecule has 1 aromatic heterocycles. The largest absolute Gasteiger partial charge is 0.394 e. The first-order valence-electron chi connectivity index (χ1n) is 6.59. The molecule has 0 amide bonds. The summed E-state index contributed by atoms with van der Waals surface area (Å²) in [4.78, 5) is 0. The van der Waals surface area contributed by atoms with Crippen molar-refractivity contribution in [3.8, 4) is 0 Å². The van der Waals surface area contributed by atoms with Crippen LogP contribution in [-0.4, -0.2) is 27.5 Å². The standard InChI is InChI=1S/C13H25N3O/c1-4-11(3)8-12(5-2)15-13-9-14-16(10-13)6-7-17/h9-12,15,17H,4-8H2,1-3H3. The van der Waals surface area contributed by atoms with Crippen LogP contribution >= 0.6 is 0 Å². The molecule has 2 atom stereocenters. The molecule has 17 heavy (non-hydrogen) atoms. The first kappa shape index (κ1) is 14.0. The molecule has 98 valence electrons. The number of hydrogen-bond donors (Lipinski definition) is 2. The van der Waals surface area contributed by atoms with E-state index in [2.05, 4.69) is 31.2 Å². The van der Waals surface area contributed by atoms with Gasteiger partial charge in [-0.3, -0.25) is 4.68 Å². The van der Waals surface area contributed by atoms with Crippen molar-refractivity contribution in [3.05, 3.63) is 12.4 Å². The summed E-state index contributed by atoms with van der Waals surface area (Å²) in [5, 5.41) is 16.5. The molecular formula is C13H25N3O. The van der Waals surface area contributed by atoms with Crippen molar-refractivity contribution < 1.29 is 5.11 Å². The van der Waals surface area contributed by atoms with Gasteiger partial charge < -0.3 is 10.4 Å². The molecule has 1 aromatic rings. The van der Waals surface area contributed by atoms with E-state index in [0.717, 1.165) is 18.0 Å². The van der Waals surface area contributed by atoms with Crippen LogP contribution in [0.1, 0.15) is 40.0 Å². The minimum absolute atomic E-state index is 0.130. The molecule has 0 aromatic carbocycles. The second-order valence-electron chi connectivity index (χ2n) is 4.71. The lowest BCUT2D eigenvalue weighted by molar-refractivity contribution is 0.269. The molecule has 2 N–H and O–H groups in total. The van der Waals surface area contributed by atoms with Crippen LogP contribution < -0.4 is 5.32 Å². The quantitative estimate of drug-likeness (QED) is 0.733. The molecule has 1 rings (SSSR count). The average molecular weight is 239 g/mol. The maximum Gasteiger partial charge on any atom is 0.0728 e. The number of aliphatic hydroxyl groups excluding tert-OH is 1. The summed E-state index contributed by atoms with van der Waals surface area (Å²) < 4.78 is 1.76. The third-order valence-corrected chi connectivity index (χ3v) is 3.21. The second kappa shape index (κ2) is 7.33. The van der Waals surface area contributed by atoms with Crippen molar-refractivity contribution in [3.63, 3.8) is 0 Å². The van der Waals surface area contributed by atoms with Gasteiger partial charge in [0.05, 0.1) is 25.0 Å². The number of hydrogen-bond acceptors (Lipinski definition) is 3. The highest BCUT2D eigenvalue weighted by atomic mass is 16.3. The second-order valence-corrected chi connectivity index (χ2v) is 4.71. The Balaban J connectivity index is 2.48. The Morgan fingerprint density at radius 2 is 2.18 bits per heavy atom. The molecule has 4 nitrogen and oxygen atoms in total. The van der Waals surface area contributed by atoms with Crippen LogP contribution in [0.3, 0.4) is 0 Å². The topological polar surface area (TPSA) is 50.1 Å². The summed E-state index contributed by atoms with van der Waals surface area (Å²) in [6.07, 6.45) is 7.32. The molecule has 0 bridgehead atoms. The van der Waals surface area contributed by atoms with Gasteiger partial charge in [0.2, 0.25) is 0 Å². The normalized spacial score (nSPS) is 14.6. The molecule has 0 spiro atoms. The molecule has 0 aliphatic heterocycles. The number of nitrogens with zero attached hydrogens (tertiary/aromatic N) is 2. The Morgan fingerprint density at radius 3 is 2.76 bits per heavy atom. The van der Waals surface area contributed by atoms with Gasteiger partial charge in [0.25, 0.3) is 0 Å². The average Bonchev–Trinajstić information content (AvgIpc) is 2.76. The van der Waals surface area contributed by atoms with Crippen LogP contribution in [0, 0.1) is 5.92 Å². The van der Waals surface area contributed by atoms with Gasteiger partial charge in [-0.1, -0.05) is 27.2 Å². The summed E-state index contributed by atoms with van der Waals surface area (Å²) in [5.74, 6) is 0.750. The highest BCUT2D eigenvalue weighted by Crippen LogP contribution is 2.16. The molecule has 1 heterocycles. The van der Waals surface area contributed by atoms with Gasteiger partial charge in [-0.15, -0.1) is 0 Å². The van der Waals surface area contributed by atoms with Crippen LogP contribution in [0.5, 0.6) is 0 Å². The van der Waals surface area contributed by atoms with E-state index < -0.39 is 0 Å². The first-order chi connectivity index (χ1) is 8.19. The van der Waals surface area contributed by atoms with Crippen molar-refractivity contribution in [2.24, 2.45) is 5.92 Å². The zero-order valence-electron chi connectivity index (χ0n) is 11.2. The van der Waals surface area contributed by atoms with Gasteiger partial charge in [0.1, 0.15) is 0 Å². The summed E-state index contributed by atoms with van der Waals surface area (Å²) in [6, 6.07) is 0.511. The minimum atomic E-state index is 0.130. The third-order valence-electron chi connectivity index (χ3n) is 3.21. The van der Waals surface area contributed by atoms with Gasteiger partial charge in [-0.05, 0) is 18.8 Å². The Morgan fingerprint density at radius 1 is 1.41 bits per heavy atom. The van der Waals surface area contributed by atoms with Crippen LogP contribution in [0.15, 0.2) is 12.4 Å². The Bertz CT molecular complexity index is 311. The van der Waals surface area contributed by atoms with Gasteiger partial charge >= 0.3 is 0 Å². The number of nitrogens with one attached hydrogen (secondary N) is 1. The van der Waals surface area contributed by atoms with Crippen molar-refractivity contribution in [1.29, 1.82) is 0 Å². The predicted octanol–water partition coefficient (Wildman–Crippen LogP) is 2.50. The van der Waals surface area contributed by atoms with Crippen molar-refractivity contribution in [1.82, 2.24) is 9.78 Å². The molecule has 4 heteroatoms. The summed E-state index contributed by atoms with van der Waals surface area (Å²) in [5.41, 5.74) is 1.05. The smallest absolute Gasteiger partial charge is 0.0728 e. The number of rotatable bonds is 8. The van der Waals surface area contributed by atoms with Crippen LogP contribution in [0.2, 0.25) is 0 Å². The zero-order valence-corrected chi connectivity index (χ0v) is 11.2. The summed E-state index contributed by atoms with van der Waals surface area (Å²) in [7, 11) is 0. The van der Waals surface area contributed by atoms with Crippen molar-refractivity contribution in [2.45, 2.75) is 52.6 Å². The third kappa shape index (κ3) is 4.77. The first-order valence-corrected chi connectivity index (χ1v) is 6.59. The maximum absolute atomic E-state index is 8.83. The molecule has 2 unspecified atom stereocenters. The summed E-state index contributed by atoms with van der Waals surface area (Å²) in [6.45, 7) is 7.42.